The minimum atomic E-state index is -1.18. The number of unbranched alkanes of at least 4 members (excludes halogenated alkanes) is 2. The molecule has 2 bridgehead atoms. The lowest BCUT2D eigenvalue weighted by atomic mass is 9.66. The summed E-state index contributed by atoms with van der Waals surface area (Å²) in [5, 5.41) is 9.82. The summed E-state index contributed by atoms with van der Waals surface area (Å²) in [7, 11) is 1.56. The SMILES string of the molecule is C=CCCCCOC(=O)[C@H]1[C@H]2C(=O)N(CCO)C(C(=O)N(CC=C)c3ccc(OC)cc3)C23CC[C@]1(C)O3. The van der Waals surface area contributed by atoms with Crippen molar-refractivity contribution in [3.8, 4) is 5.75 Å². The van der Waals surface area contributed by atoms with Crippen LogP contribution in [-0.2, 0) is 23.9 Å². The number of rotatable bonds is 13. The number of likely N-dealkylation sites (tertiary alicyclic amines) is 1. The van der Waals surface area contributed by atoms with E-state index in [1.54, 1.807) is 42.4 Å². The molecule has 38 heavy (non-hydrogen) atoms. The molecule has 206 valence electrons. The van der Waals surface area contributed by atoms with Gasteiger partial charge in [-0.05, 0) is 63.3 Å². The molecule has 3 aliphatic rings. The molecule has 0 radical (unpaired) electrons. The van der Waals surface area contributed by atoms with Crippen LogP contribution in [0.1, 0.15) is 39.0 Å². The molecule has 9 nitrogen and oxygen atoms in total. The minimum Gasteiger partial charge on any atom is -0.497 e. The fraction of sp³-hybridized carbons (Fsp3) is 0.552. The number of carbonyl (C=O) groups is 3. The van der Waals surface area contributed by atoms with Crippen LogP contribution >= 0.6 is 0 Å². The van der Waals surface area contributed by atoms with Gasteiger partial charge in [0, 0.05) is 18.8 Å². The number of anilines is 1. The van der Waals surface area contributed by atoms with Crippen molar-refractivity contribution in [2.45, 2.75) is 56.3 Å². The maximum absolute atomic E-state index is 14.3. The molecule has 1 spiro atoms. The average Bonchev–Trinajstić information content (AvgIpc) is 3.48. The zero-order chi connectivity index (χ0) is 27.5. The highest BCUT2D eigenvalue weighted by Crippen LogP contribution is 2.63. The first-order valence-electron chi connectivity index (χ1n) is 13.2. The number of allylic oxidation sites excluding steroid dienone is 1. The van der Waals surface area contributed by atoms with E-state index in [2.05, 4.69) is 13.2 Å². The number of benzene rings is 1. The lowest BCUT2D eigenvalue weighted by Gasteiger charge is -2.36. The Morgan fingerprint density at radius 1 is 1.21 bits per heavy atom. The lowest BCUT2D eigenvalue weighted by Crippen LogP contribution is -2.56. The molecule has 3 fully saturated rings. The van der Waals surface area contributed by atoms with Crippen molar-refractivity contribution in [2.24, 2.45) is 11.8 Å². The molecule has 4 rings (SSSR count). The molecule has 2 unspecified atom stereocenters. The highest BCUT2D eigenvalue weighted by Gasteiger charge is 2.78. The summed E-state index contributed by atoms with van der Waals surface area (Å²) in [6, 6.07) is 6.05. The number of aliphatic hydroxyl groups excluding tert-OH is 1. The fourth-order valence-corrected chi connectivity index (χ4v) is 6.43. The number of hydrogen-bond donors (Lipinski definition) is 1. The van der Waals surface area contributed by atoms with Gasteiger partial charge in [-0.3, -0.25) is 14.4 Å². The first kappa shape index (κ1) is 27.9. The van der Waals surface area contributed by atoms with E-state index in [0.717, 1.165) is 12.8 Å². The fourth-order valence-electron chi connectivity index (χ4n) is 6.43. The normalized spacial score (nSPS) is 29.2. The third-order valence-corrected chi connectivity index (χ3v) is 8.11. The zero-order valence-corrected chi connectivity index (χ0v) is 22.3. The first-order valence-corrected chi connectivity index (χ1v) is 13.2. The van der Waals surface area contributed by atoms with Gasteiger partial charge in [-0.15, -0.1) is 13.2 Å². The molecule has 0 saturated carbocycles. The van der Waals surface area contributed by atoms with Crippen LogP contribution in [-0.4, -0.2) is 78.4 Å². The van der Waals surface area contributed by atoms with E-state index in [1.165, 1.54) is 4.90 Å². The van der Waals surface area contributed by atoms with E-state index in [0.29, 0.717) is 30.7 Å². The predicted octanol–water partition coefficient (Wildman–Crippen LogP) is 2.87. The molecule has 1 aromatic rings. The van der Waals surface area contributed by atoms with Crippen molar-refractivity contribution in [2.75, 3.05) is 38.3 Å². The molecule has 1 N–H and O–H groups in total. The number of aliphatic hydroxyl groups is 1. The summed E-state index contributed by atoms with van der Waals surface area (Å²) in [5.41, 5.74) is -1.48. The Labute approximate surface area is 224 Å². The van der Waals surface area contributed by atoms with Gasteiger partial charge in [-0.25, -0.2) is 0 Å². The number of fused-ring (bicyclic) bond motifs is 1. The highest BCUT2D eigenvalue weighted by atomic mass is 16.6. The second-order valence-corrected chi connectivity index (χ2v) is 10.4. The number of ether oxygens (including phenoxy) is 3. The van der Waals surface area contributed by atoms with Crippen LogP contribution in [0.15, 0.2) is 49.6 Å². The Morgan fingerprint density at radius 2 is 1.95 bits per heavy atom. The maximum Gasteiger partial charge on any atom is 0.312 e. The van der Waals surface area contributed by atoms with Gasteiger partial charge in [-0.2, -0.15) is 0 Å². The van der Waals surface area contributed by atoms with Crippen molar-refractivity contribution in [3.05, 3.63) is 49.6 Å². The third-order valence-electron chi connectivity index (χ3n) is 8.11. The van der Waals surface area contributed by atoms with Crippen LogP contribution < -0.4 is 9.64 Å². The molecule has 1 aromatic carbocycles. The van der Waals surface area contributed by atoms with Gasteiger partial charge in [0.1, 0.15) is 23.3 Å². The Balaban J connectivity index is 1.66. The Kier molecular flexibility index (Phi) is 8.28. The van der Waals surface area contributed by atoms with E-state index in [-0.39, 0.29) is 38.1 Å². The molecule has 2 amide bonds. The molecule has 3 saturated heterocycles. The van der Waals surface area contributed by atoms with E-state index in [4.69, 9.17) is 14.2 Å². The number of esters is 1. The smallest absolute Gasteiger partial charge is 0.312 e. The van der Waals surface area contributed by atoms with Crippen molar-refractivity contribution in [1.29, 1.82) is 0 Å². The van der Waals surface area contributed by atoms with Gasteiger partial charge in [0.15, 0.2) is 0 Å². The van der Waals surface area contributed by atoms with Crippen molar-refractivity contribution >= 4 is 23.5 Å². The maximum atomic E-state index is 14.3. The summed E-state index contributed by atoms with van der Waals surface area (Å²) in [5.74, 6) is -2.21. The van der Waals surface area contributed by atoms with Gasteiger partial charge >= 0.3 is 5.97 Å². The van der Waals surface area contributed by atoms with Crippen LogP contribution in [0, 0.1) is 11.8 Å². The highest BCUT2D eigenvalue weighted by molar-refractivity contribution is 6.04. The van der Waals surface area contributed by atoms with Gasteiger partial charge in [-0.1, -0.05) is 12.2 Å². The van der Waals surface area contributed by atoms with Crippen molar-refractivity contribution in [3.63, 3.8) is 0 Å². The monoisotopic (exact) mass is 526 g/mol. The number of hydrogen-bond acceptors (Lipinski definition) is 7. The van der Waals surface area contributed by atoms with E-state index in [9.17, 15) is 19.5 Å². The standard InChI is InChI=1S/C29H38N2O7/c1-5-7-8-9-19-37-27(35)23-22-25(33)31(17-18-32)24(29(22)15-14-28(23,3)38-29)26(34)30(16-6-2)20-10-12-21(36-4)13-11-20/h5-6,10-13,22-24,32H,1-2,7-9,14-19H2,3-4H3/t22-,23+,24?,28-,29?/m0/s1. The van der Waals surface area contributed by atoms with Crippen molar-refractivity contribution in [1.82, 2.24) is 4.90 Å². The average molecular weight is 527 g/mol. The number of β-amino-alcohol motifs (C(OH)–C–C–N with tert-alkyl or cyclic N) is 1. The van der Waals surface area contributed by atoms with Crippen LogP contribution in [0.3, 0.4) is 0 Å². The van der Waals surface area contributed by atoms with Crippen LogP contribution in [0.25, 0.3) is 0 Å². The van der Waals surface area contributed by atoms with Gasteiger partial charge in [0.2, 0.25) is 5.91 Å². The number of methoxy groups -OCH3 is 1. The second kappa shape index (κ2) is 11.3. The lowest BCUT2D eigenvalue weighted by molar-refractivity contribution is -0.159. The zero-order valence-electron chi connectivity index (χ0n) is 22.3. The van der Waals surface area contributed by atoms with E-state index in [1.807, 2.05) is 13.0 Å². The molecule has 3 aliphatic heterocycles. The Hall–Kier alpha value is -3.17. The molecule has 5 atom stereocenters. The molecule has 3 heterocycles. The number of amides is 2. The summed E-state index contributed by atoms with van der Waals surface area (Å²) in [4.78, 5) is 44.4. The third kappa shape index (κ3) is 4.62. The first-order chi connectivity index (χ1) is 18.3. The van der Waals surface area contributed by atoms with Gasteiger partial charge < -0.3 is 29.1 Å². The quantitative estimate of drug-likeness (QED) is 0.239. The molecular weight excluding hydrogens is 488 g/mol. The minimum absolute atomic E-state index is 0.0403. The summed E-state index contributed by atoms with van der Waals surface area (Å²) < 4.78 is 17.4. The van der Waals surface area contributed by atoms with Crippen LogP contribution in [0.5, 0.6) is 5.75 Å². The van der Waals surface area contributed by atoms with Crippen LogP contribution in [0.4, 0.5) is 5.69 Å². The Bertz CT molecular complexity index is 1070. The molecule has 0 aromatic heterocycles. The molecule has 0 aliphatic carbocycles. The van der Waals surface area contributed by atoms with Crippen molar-refractivity contribution < 1.29 is 33.7 Å². The Morgan fingerprint density at radius 3 is 2.58 bits per heavy atom. The largest absolute Gasteiger partial charge is 0.497 e. The van der Waals surface area contributed by atoms with Crippen LogP contribution in [0.2, 0.25) is 0 Å². The summed E-state index contributed by atoms with van der Waals surface area (Å²) in [6.07, 6.45) is 6.79. The summed E-state index contributed by atoms with van der Waals surface area (Å²) in [6.45, 7) is 9.44. The van der Waals surface area contributed by atoms with Gasteiger partial charge in [0.05, 0.1) is 31.8 Å². The number of carbonyl (C=O) groups excluding carboxylic acids is 3. The second-order valence-electron chi connectivity index (χ2n) is 10.4. The van der Waals surface area contributed by atoms with E-state index >= 15 is 0 Å². The predicted molar refractivity (Wildman–Crippen MR) is 142 cm³/mol. The number of nitrogens with zero attached hydrogens (tertiary/aromatic N) is 2. The molecular formula is C29H38N2O7. The summed E-state index contributed by atoms with van der Waals surface area (Å²) >= 11 is 0. The topological polar surface area (TPSA) is 106 Å². The van der Waals surface area contributed by atoms with E-state index < -0.39 is 35.0 Å². The van der Waals surface area contributed by atoms with Gasteiger partial charge in [0.25, 0.3) is 5.91 Å². The molecule has 9 heteroatoms.